The van der Waals surface area contributed by atoms with E-state index in [2.05, 4.69) is 42.0 Å². The molecule has 0 bridgehead atoms. The Bertz CT molecular complexity index is 692. The summed E-state index contributed by atoms with van der Waals surface area (Å²) >= 11 is 3.39. The summed E-state index contributed by atoms with van der Waals surface area (Å²) in [7, 11) is -2.34. The molecule has 0 spiro atoms. The molecular weight excluding hydrogens is 442 g/mol. The summed E-state index contributed by atoms with van der Waals surface area (Å²) in [6.07, 6.45) is -1.64. The minimum absolute atomic E-state index is 0.129. The molecule has 0 saturated heterocycles. The van der Waals surface area contributed by atoms with Crippen LogP contribution in [0.15, 0.2) is 28.7 Å². The van der Waals surface area contributed by atoms with E-state index >= 15 is 0 Å². The minimum Gasteiger partial charge on any atom is -0.480 e. The van der Waals surface area contributed by atoms with Gasteiger partial charge in [0.15, 0.2) is 14.4 Å². The number of halogens is 1. The fourth-order valence-electron chi connectivity index (χ4n) is 2.18. The molecule has 0 aliphatic heterocycles. The lowest BCUT2D eigenvalue weighted by molar-refractivity contribution is -0.142. The molecule has 8 heteroatoms. The number of hydrogen-bond donors (Lipinski definition) is 2. The molecule has 2 N–H and O–H groups in total. The van der Waals surface area contributed by atoms with Crippen LogP contribution in [0.3, 0.4) is 0 Å². The summed E-state index contributed by atoms with van der Waals surface area (Å²) in [5.41, 5.74) is -0.0583. The molecule has 0 saturated carbocycles. The van der Waals surface area contributed by atoms with Crippen molar-refractivity contribution < 1.29 is 23.9 Å². The maximum Gasteiger partial charge on any atom is 0.408 e. The Morgan fingerprint density at radius 3 is 1.96 bits per heavy atom. The van der Waals surface area contributed by atoms with Crippen molar-refractivity contribution in [1.29, 1.82) is 0 Å². The first kappa shape index (κ1) is 24.7. The smallest absolute Gasteiger partial charge is 0.408 e. The highest BCUT2D eigenvalue weighted by Crippen LogP contribution is 2.40. The van der Waals surface area contributed by atoms with Gasteiger partial charge in [-0.05, 0) is 56.6 Å². The zero-order valence-corrected chi connectivity index (χ0v) is 20.5. The van der Waals surface area contributed by atoms with Gasteiger partial charge in [-0.1, -0.05) is 48.8 Å². The quantitative estimate of drug-likeness (QED) is 0.533. The van der Waals surface area contributed by atoms with Gasteiger partial charge in [0, 0.05) is 4.47 Å². The van der Waals surface area contributed by atoms with Crippen LogP contribution >= 0.6 is 15.9 Å². The molecule has 158 valence electrons. The van der Waals surface area contributed by atoms with Gasteiger partial charge in [0.2, 0.25) is 0 Å². The molecule has 2 atom stereocenters. The zero-order chi connectivity index (χ0) is 21.9. The molecule has 0 aliphatic rings. The Morgan fingerprint density at radius 1 is 1.07 bits per heavy atom. The number of alkyl carbamates (subject to hydrolysis) is 1. The molecule has 1 aromatic carbocycles. The minimum atomic E-state index is -2.34. The SMILES string of the molecule is CC(C)(C)OC(=O)N[C@H](C(=O)O)[C@H](O[Si](C)(C)C(C)(C)C)c1ccc(Br)cc1. The van der Waals surface area contributed by atoms with Crippen molar-refractivity contribution in [2.24, 2.45) is 0 Å². The number of benzene rings is 1. The highest BCUT2D eigenvalue weighted by molar-refractivity contribution is 9.10. The van der Waals surface area contributed by atoms with Crippen LogP contribution in [-0.4, -0.2) is 37.1 Å². The molecule has 0 heterocycles. The molecule has 0 radical (unpaired) electrons. The molecule has 1 aromatic rings. The summed E-state index contributed by atoms with van der Waals surface area (Å²) < 4.78 is 12.6. The van der Waals surface area contributed by atoms with E-state index in [0.29, 0.717) is 5.56 Å². The highest BCUT2D eigenvalue weighted by Gasteiger charge is 2.43. The molecule has 6 nitrogen and oxygen atoms in total. The Morgan fingerprint density at radius 2 is 1.57 bits per heavy atom. The van der Waals surface area contributed by atoms with Crippen molar-refractivity contribution in [3.8, 4) is 0 Å². The van der Waals surface area contributed by atoms with Crippen LogP contribution in [0, 0.1) is 0 Å². The van der Waals surface area contributed by atoms with E-state index < -0.39 is 38.1 Å². The molecule has 0 aromatic heterocycles. The van der Waals surface area contributed by atoms with E-state index in [0.717, 1.165) is 4.47 Å². The number of amides is 1. The number of carbonyl (C=O) groups excluding carboxylic acids is 1. The van der Waals surface area contributed by atoms with Gasteiger partial charge in [-0.25, -0.2) is 9.59 Å². The maximum absolute atomic E-state index is 12.3. The number of ether oxygens (including phenoxy) is 1. The largest absolute Gasteiger partial charge is 0.480 e. The molecule has 0 aliphatic carbocycles. The van der Waals surface area contributed by atoms with Gasteiger partial charge in [-0.15, -0.1) is 0 Å². The Kier molecular flexibility index (Phi) is 7.89. The Hall–Kier alpha value is -1.38. The number of rotatable bonds is 6. The lowest BCUT2D eigenvalue weighted by Gasteiger charge is -2.41. The predicted molar refractivity (Wildman–Crippen MR) is 116 cm³/mol. The zero-order valence-electron chi connectivity index (χ0n) is 17.9. The number of hydrogen-bond acceptors (Lipinski definition) is 4. The van der Waals surface area contributed by atoms with Crippen LogP contribution in [0.25, 0.3) is 0 Å². The number of nitrogens with one attached hydrogen (secondary N) is 1. The van der Waals surface area contributed by atoms with Crippen LogP contribution in [0.4, 0.5) is 4.79 Å². The van der Waals surface area contributed by atoms with E-state index in [1.165, 1.54) is 0 Å². The predicted octanol–water partition coefficient (Wildman–Crippen LogP) is 5.49. The van der Waals surface area contributed by atoms with Crippen molar-refractivity contribution in [3.05, 3.63) is 34.3 Å². The van der Waals surface area contributed by atoms with Crippen LogP contribution in [0.5, 0.6) is 0 Å². The van der Waals surface area contributed by atoms with Crippen LogP contribution in [0.1, 0.15) is 53.2 Å². The standard InChI is InChI=1S/C20H32BrNO5Si/c1-19(2,3)26-18(25)22-15(17(23)24)16(13-9-11-14(21)12-10-13)27-28(7,8)20(4,5)6/h9-12,15-16H,1-8H3,(H,22,25)(H,23,24)/t15-,16+/m0/s1. The summed E-state index contributed by atoms with van der Waals surface area (Å²) in [4.78, 5) is 24.4. The van der Waals surface area contributed by atoms with E-state index in [4.69, 9.17) is 9.16 Å². The van der Waals surface area contributed by atoms with Crippen molar-refractivity contribution in [2.75, 3.05) is 0 Å². The second-order valence-corrected chi connectivity index (χ2v) is 15.0. The first-order chi connectivity index (χ1) is 12.5. The topological polar surface area (TPSA) is 84.9 Å². The molecule has 1 rings (SSSR count). The van der Waals surface area contributed by atoms with Gasteiger partial charge in [-0.3, -0.25) is 0 Å². The van der Waals surface area contributed by atoms with Crippen molar-refractivity contribution in [1.82, 2.24) is 5.32 Å². The first-order valence-electron chi connectivity index (χ1n) is 9.19. The third kappa shape index (κ3) is 7.22. The van der Waals surface area contributed by atoms with Crippen molar-refractivity contribution in [3.63, 3.8) is 0 Å². The summed E-state index contributed by atoms with van der Waals surface area (Å²) in [6, 6.07) is 5.96. The van der Waals surface area contributed by atoms with Gasteiger partial charge < -0.3 is 19.6 Å². The van der Waals surface area contributed by atoms with Crippen LogP contribution in [-0.2, 0) is 14.0 Å². The molecule has 0 fully saturated rings. The monoisotopic (exact) mass is 473 g/mol. The average Bonchev–Trinajstić information content (AvgIpc) is 2.48. The van der Waals surface area contributed by atoms with Crippen molar-refractivity contribution in [2.45, 2.75) is 77.4 Å². The maximum atomic E-state index is 12.3. The number of carboxylic acid groups (broad SMARTS) is 1. The molecule has 0 unspecified atom stereocenters. The van der Waals surface area contributed by atoms with E-state index in [1.54, 1.807) is 32.9 Å². The second kappa shape index (κ2) is 8.96. The van der Waals surface area contributed by atoms with Gasteiger partial charge >= 0.3 is 12.1 Å². The fraction of sp³-hybridized carbons (Fsp3) is 0.600. The van der Waals surface area contributed by atoms with E-state index in [-0.39, 0.29) is 5.04 Å². The lowest BCUT2D eigenvalue weighted by atomic mass is 10.0. The van der Waals surface area contributed by atoms with Gasteiger partial charge in [0.25, 0.3) is 0 Å². The Balaban J connectivity index is 3.30. The average molecular weight is 474 g/mol. The summed E-state index contributed by atoms with van der Waals surface area (Å²) in [5, 5.41) is 12.2. The third-order valence-electron chi connectivity index (χ3n) is 4.67. The summed E-state index contributed by atoms with van der Waals surface area (Å²) in [5.74, 6) is -1.18. The van der Waals surface area contributed by atoms with Gasteiger partial charge in [0.05, 0.1) is 0 Å². The normalized spacial score (nSPS) is 14.9. The third-order valence-corrected chi connectivity index (χ3v) is 9.65. The second-order valence-electron chi connectivity index (χ2n) is 9.31. The number of carbonyl (C=O) groups is 2. The molecular formula is C20H32BrNO5Si. The highest BCUT2D eigenvalue weighted by atomic mass is 79.9. The van der Waals surface area contributed by atoms with Gasteiger partial charge in [0.1, 0.15) is 11.7 Å². The van der Waals surface area contributed by atoms with Crippen LogP contribution < -0.4 is 5.32 Å². The van der Waals surface area contributed by atoms with E-state index in [1.807, 2.05) is 25.2 Å². The summed E-state index contributed by atoms with van der Waals surface area (Å²) in [6.45, 7) is 15.5. The number of carboxylic acids is 1. The lowest BCUT2D eigenvalue weighted by Crippen LogP contribution is -2.51. The fourth-order valence-corrected chi connectivity index (χ4v) is 3.70. The molecule has 1 amide bonds. The molecule has 28 heavy (non-hydrogen) atoms. The number of aliphatic carboxylic acids is 1. The first-order valence-corrected chi connectivity index (χ1v) is 12.9. The Labute approximate surface area is 177 Å². The van der Waals surface area contributed by atoms with E-state index in [9.17, 15) is 14.7 Å². The van der Waals surface area contributed by atoms with Crippen molar-refractivity contribution >= 4 is 36.3 Å². The van der Waals surface area contributed by atoms with Crippen LogP contribution in [0.2, 0.25) is 18.1 Å². The van der Waals surface area contributed by atoms with Gasteiger partial charge in [-0.2, -0.15) is 0 Å².